The summed E-state index contributed by atoms with van der Waals surface area (Å²) in [6.45, 7) is 0. The Hall–Kier alpha value is -2.65. The maximum atomic E-state index is 12.4. The number of hydrogen-bond donors (Lipinski definition) is 2. The zero-order valence-electron chi connectivity index (χ0n) is 16.0. The summed E-state index contributed by atoms with van der Waals surface area (Å²) < 4.78 is 1.94. The minimum absolute atomic E-state index is 0.154. The maximum absolute atomic E-state index is 12.4. The van der Waals surface area contributed by atoms with Crippen molar-refractivity contribution in [2.45, 2.75) is 30.8 Å². The van der Waals surface area contributed by atoms with Gasteiger partial charge in [-0.15, -0.1) is 21.5 Å². The predicted molar refractivity (Wildman–Crippen MR) is 115 cm³/mol. The summed E-state index contributed by atoms with van der Waals surface area (Å²) in [5, 5.41) is 14.2. The molecule has 150 valence electrons. The number of fused-ring (bicyclic) bond motifs is 1. The second-order valence-electron chi connectivity index (χ2n) is 6.87. The number of rotatable bonds is 6. The average molecular weight is 428 g/mol. The SMILES string of the molecule is Cn1c(SCC(=O)Nc2ccccc2C(N)=O)nnc1-c1csc2c1CCCC2. The van der Waals surface area contributed by atoms with Gasteiger partial charge in [0.2, 0.25) is 5.91 Å². The second-order valence-corrected chi connectivity index (χ2v) is 8.78. The molecule has 2 aromatic heterocycles. The highest BCUT2D eigenvalue weighted by molar-refractivity contribution is 7.99. The third-order valence-electron chi connectivity index (χ3n) is 4.94. The fourth-order valence-corrected chi connectivity index (χ4v) is 5.32. The second kappa shape index (κ2) is 8.38. The fraction of sp³-hybridized carbons (Fsp3) is 0.300. The van der Waals surface area contributed by atoms with E-state index in [4.69, 9.17) is 5.73 Å². The molecule has 0 bridgehead atoms. The first kappa shape index (κ1) is 19.7. The third kappa shape index (κ3) is 4.06. The van der Waals surface area contributed by atoms with Crippen molar-refractivity contribution in [2.75, 3.05) is 11.1 Å². The Labute approximate surface area is 176 Å². The summed E-state index contributed by atoms with van der Waals surface area (Å²) in [6.07, 6.45) is 4.70. The fourth-order valence-electron chi connectivity index (χ4n) is 3.48. The smallest absolute Gasteiger partial charge is 0.250 e. The van der Waals surface area contributed by atoms with Crippen LogP contribution in [-0.4, -0.2) is 32.3 Å². The van der Waals surface area contributed by atoms with E-state index in [1.165, 1.54) is 35.0 Å². The van der Waals surface area contributed by atoms with E-state index in [9.17, 15) is 9.59 Å². The van der Waals surface area contributed by atoms with Crippen LogP contribution in [0.15, 0.2) is 34.8 Å². The minimum Gasteiger partial charge on any atom is -0.366 e. The molecular formula is C20H21N5O2S2. The Morgan fingerprint density at radius 3 is 2.86 bits per heavy atom. The molecule has 1 aliphatic rings. The van der Waals surface area contributed by atoms with Gasteiger partial charge in [0.15, 0.2) is 11.0 Å². The summed E-state index contributed by atoms with van der Waals surface area (Å²) in [4.78, 5) is 25.3. The highest BCUT2D eigenvalue weighted by Crippen LogP contribution is 2.36. The number of thioether (sulfide) groups is 1. The molecular weight excluding hydrogens is 406 g/mol. The Morgan fingerprint density at radius 1 is 1.24 bits per heavy atom. The monoisotopic (exact) mass is 427 g/mol. The molecule has 4 rings (SSSR count). The van der Waals surface area contributed by atoms with E-state index in [0.717, 1.165) is 24.2 Å². The average Bonchev–Trinajstić information content (AvgIpc) is 3.30. The quantitative estimate of drug-likeness (QED) is 0.588. The van der Waals surface area contributed by atoms with Crippen LogP contribution in [0.1, 0.15) is 33.6 Å². The number of amides is 2. The van der Waals surface area contributed by atoms with Crippen LogP contribution < -0.4 is 11.1 Å². The topological polar surface area (TPSA) is 103 Å². The Morgan fingerprint density at radius 2 is 2.03 bits per heavy atom. The maximum Gasteiger partial charge on any atom is 0.250 e. The Bertz CT molecular complexity index is 1070. The van der Waals surface area contributed by atoms with E-state index in [0.29, 0.717) is 10.8 Å². The Balaban J connectivity index is 1.44. The van der Waals surface area contributed by atoms with E-state index in [-0.39, 0.29) is 17.2 Å². The van der Waals surface area contributed by atoms with Crippen molar-refractivity contribution >= 4 is 40.6 Å². The van der Waals surface area contributed by atoms with Crippen molar-refractivity contribution in [3.05, 3.63) is 45.6 Å². The number of para-hydroxylation sites is 1. The molecule has 0 fully saturated rings. The van der Waals surface area contributed by atoms with Gasteiger partial charge in [-0.2, -0.15) is 0 Å². The summed E-state index contributed by atoms with van der Waals surface area (Å²) in [5.74, 6) is 0.180. The molecule has 0 saturated carbocycles. The summed E-state index contributed by atoms with van der Waals surface area (Å²) >= 11 is 3.11. The van der Waals surface area contributed by atoms with Gasteiger partial charge < -0.3 is 15.6 Å². The Kier molecular flexibility index (Phi) is 5.68. The van der Waals surface area contributed by atoms with E-state index in [1.807, 2.05) is 11.6 Å². The minimum atomic E-state index is -0.578. The molecule has 3 N–H and O–H groups in total. The van der Waals surface area contributed by atoms with E-state index in [2.05, 4.69) is 20.9 Å². The number of hydrogen-bond acceptors (Lipinski definition) is 6. The van der Waals surface area contributed by atoms with Gasteiger partial charge >= 0.3 is 0 Å². The molecule has 1 aliphatic carbocycles. The number of anilines is 1. The molecule has 3 aromatic rings. The van der Waals surface area contributed by atoms with Crippen molar-refractivity contribution in [3.63, 3.8) is 0 Å². The molecule has 0 radical (unpaired) electrons. The summed E-state index contributed by atoms with van der Waals surface area (Å²) in [6, 6.07) is 6.69. The van der Waals surface area contributed by atoms with E-state index in [1.54, 1.807) is 35.6 Å². The molecule has 0 atom stereocenters. The van der Waals surface area contributed by atoms with Crippen LogP contribution in [0.3, 0.4) is 0 Å². The predicted octanol–water partition coefficient (Wildman–Crippen LogP) is 3.25. The van der Waals surface area contributed by atoms with Gasteiger partial charge in [0.25, 0.3) is 5.91 Å². The lowest BCUT2D eigenvalue weighted by Crippen LogP contribution is -2.19. The molecule has 29 heavy (non-hydrogen) atoms. The van der Waals surface area contributed by atoms with Gasteiger partial charge in [-0.05, 0) is 43.4 Å². The first-order valence-corrected chi connectivity index (χ1v) is 11.2. The number of thiophene rings is 1. The zero-order chi connectivity index (χ0) is 20.4. The van der Waals surface area contributed by atoms with Crippen LogP contribution in [0.4, 0.5) is 5.69 Å². The number of primary amides is 1. The van der Waals surface area contributed by atoms with Gasteiger partial charge in [0.1, 0.15) is 0 Å². The van der Waals surface area contributed by atoms with Gasteiger partial charge in [0, 0.05) is 22.9 Å². The largest absolute Gasteiger partial charge is 0.366 e. The number of benzene rings is 1. The van der Waals surface area contributed by atoms with E-state index >= 15 is 0 Å². The normalized spacial score (nSPS) is 13.1. The molecule has 1 aromatic carbocycles. The van der Waals surface area contributed by atoms with Crippen LogP contribution in [0, 0.1) is 0 Å². The zero-order valence-corrected chi connectivity index (χ0v) is 17.6. The number of carbonyl (C=O) groups is 2. The lowest BCUT2D eigenvalue weighted by atomic mass is 9.96. The molecule has 2 amide bonds. The van der Waals surface area contributed by atoms with Crippen LogP contribution >= 0.6 is 23.1 Å². The standard InChI is InChI=1S/C20H21N5O2S2/c1-25-19(14-10-28-16-9-5-3-6-12(14)16)23-24-20(25)29-11-17(26)22-15-8-4-2-7-13(15)18(21)27/h2,4,7-8,10H,3,5-6,9,11H2,1H3,(H2,21,27)(H,22,26). The van der Waals surface area contributed by atoms with Crippen LogP contribution in [0.2, 0.25) is 0 Å². The lowest BCUT2D eigenvalue weighted by Gasteiger charge is -2.12. The van der Waals surface area contributed by atoms with Gasteiger partial charge in [-0.3, -0.25) is 9.59 Å². The van der Waals surface area contributed by atoms with Crippen LogP contribution in [0.5, 0.6) is 0 Å². The van der Waals surface area contributed by atoms with Gasteiger partial charge in [-0.1, -0.05) is 23.9 Å². The molecule has 7 nitrogen and oxygen atoms in total. The number of nitrogens with two attached hydrogens (primary N) is 1. The third-order valence-corrected chi connectivity index (χ3v) is 7.04. The molecule has 9 heteroatoms. The summed E-state index contributed by atoms with van der Waals surface area (Å²) in [5.41, 5.74) is 8.61. The van der Waals surface area contributed by atoms with Crippen molar-refractivity contribution < 1.29 is 9.59 Å². The van der Waals surface area contributed by atoms with Crippen molar-refractivity contribution in [3.8, 4) is 11.4 Å². The molecule has 0 aliphatic heterocycles. The number of carbonyl (C=O) groups excluding carboxylic acids is 2. The first-order chi connectivity index (χ1) is 14.0. The highest BCUT2D eigenvalue weighted by atomic mass is 32.2. The van der Waals surface area contributed by atoms with Crippen molar-refractivity contribution in [2.24, 2.45) is 12.8 Å². The van der Waals surface area contributed by atoms with Crippen molar-refractivity contribution in [1.82, 2.24) is 14.8 Å². The number of aryl methyl sites for hydroxylation is 1. The van der Waals surface area contributed by atoms with E-state index < -0.39 is 5.91 Å². The van der Waals surface area contributed by atoms with Gasteiger partial charge in [-0.25, -0.2) is 0 Å². The number of nitrogens with zero attached hydrogens (tertiary/aromatic N) is 3. The van der Waals surface area contributed by atoms with Crippen molar-refractivity contribution in [1.29, 1.82) is 0 Å². The lowest BCUT2D eigenvalue weighted by molar-refractivity contribution is -0.113. The molecule has 0 unspecified atom stereocenters. The van der Waals surface area contributed by atoms with Gasteiger partial charge in [0.05, 0.1) is 17.0 Å². The first-order valence-electron chi connectivity index (χ1n) is 9.35. The van der Waals surface area contributed by atoms with Crippen LogP contribution in [-0.2, 0) is 24.7 Å². The molecule has 2 heterocycles. The van der Waals surface area contributed by atoms with Crippen LogP contribution in [0.25, 0.3) is 11.4 Å². The summed E-state index contributed by atoms with van der Waals surface area (Å²) in [7, 11) is 1.92. The number of nitrogens with one attached hydrogen (secondary N) is 1. The molecule has 0 saturated heterocycles. The highest BCUT2D eigenvalue weighted by Gasteiger charge is 2.21. The molecule has 0 spiro atoms. The number of aromatic nitrogens is 3.